The Balaban J connectivity index is 3.17. The highest BCUT2D eigenvalue weighted by atomic mass is 32.2. The van der Waals surface area contributed by atoms with Gasteiger partial charge in [-0.2, -0.15) is 4.31 Å². The first kappa shape index (κ1) is 18.1. The van der Waals surface area contributed by atoms with E-state index in [9.17, 15) is 8.42 Å². The maximum atomic E-state index is 12.8. The lowest BCUT2D eigenvalue weighted by Gasteiger charge is -2.21. The van der Waals surface area contributed by atoms with Crippen LogP contribution in [0.15, 0.2) is 17.0 Å². The van der Waals surface area contributed by atoms with Gasteiger partial charge in [-0.25, -0.2) is 8.42 Å². The molecule has 21 heavy (non-hydrogen) atoms. The van der Waals surface area contributed by atoms with Crippen molar-refractivity contribution in [3.8, 4) is 0 Å². The van der Waals surface area contributed by atoms with Crippen LogP contribution in [-0.2, 0) is 16.6 Å². The molecule has 0 aliphatic carbocycles. The maximum Gasteiger partial charge on any atom is 0.243 e. The van der Waals surface area contributed by atoms with E-state index in [0.717, 1.165) is 16.7 Å². The van der Waals surface area contributed by atoms with E-state index in [2.05, 4.69) is 5.32 Å². The Morgan fingerprint density at radius 1 is 1.10 bits per heavy atom. The number of likely N-dealkylation sites (N-methyl/N-ethyl adjacent to an activating group) is 2. The van der Waals surface area contributed by atoms with Gasteiger partial charge in [-0.1, -0.05) is 6.07 Å². The summed E-state index contributed by atoms with van der Waals surface area (Å²) in [7, 11) is 3.91. The van der Waals surface area contributed by atoms with Gasteiger partial charge in [0.15, 0.2) is 0 Å². The minimum atomic E-state index is -3.45. The Morgan fingerprint density at radius 2 is 1.71 bits per heavy atom. The predicted octanol–water partition coefficient (Wildman–Crippen LogP) is 1.20. The predicted molar refractivity (Wildman–Crippen MR) is 87.0 cm³/mol. The molecular weight excluding hydrogens is 286 g/mol. The number of nitrogens with one attached hydrogen (secondary N) is 1. The molecule has 0 aliphatic rings. The quantitative estimate of drug-likeness (QED) is 0.822. The van der Waals surface area contributed by atoms with Gasteiger partial charge in [0.05, 0.1) is 4.90 Å². The zero-order valence-corrected chi connectivity index (χ0v) is 14.7. The van der Waals surface area contributed by atoms with Crippen LogP contribution in [-0.4, -0.2) is 58.9 Å². The summed E-state index contributed by atoms with van der Waals surface area (Å²) < 4.78 is 27.0. The molecule has 1 N–H and O–H groups in total. The van der Waals surface area contributed by atoms with Crippen molar-refractivity contribution in [1.29, 1.82) is 0 Å². The number of aryl methyl sites for hydroxylation is 1. The third-order valence-electron chi connectivity index (χ3n) is 3.61. The van der Waals surface area contributed by atoms with Crippen LogP contribution in [0.5, 0.6) is 0 Å². The molecule has 5 nitrogen and oxygen atoms in total. The second kappa shape index (κ2) is 7.35. The SMILES string of the molecule is CNCc1cc(C)c(C)c(S(=O)(=O)N(C)CCN(C)C)c1. The molecule has 0 atom stereocenters. The third kappa shape index (κ3) is 4.51. The molecule has 120 valence electrons. The third-order valence-corrected chi connectivity index (χ3v) is 5.59. The molecule has 1 rings (SSSR count). The van der Waals surface area contributed by atoms with Crippen molar-refractivity contribution < 1.29 is 8.42 Å². The zero-order chi connectivity index (χ0) is 16.2. The standard InChI is InChI=1S/C15H27N3O2S/c1-12-9-14(11-16-3)10-15(13(12)2)21(19,20)18(6)8-7-17(4)5/h9-10,16H,7-8,11H2,1-6H3. The Bertz CT molecular complexity index is 583. The Labute approximate surface area is 129 Å². The maximum absolute atomic E-state index is 12.8. The van der Waals surface area contributed by atoms with Gasteiger partial charge >= 0.3 is 0 Å². The fourth-order valence-corrected chi connectivity index (χ4v) is 3.61. The molecule has 0 amide bonds. The van der Waals surface area contributed by atoms with Crippen molar-refractivity contribution in [3.05, 3.63) is 28.8 Å². The topological polar surface area (TPSA) is 52.7 Å². The van der Waals surface area contributed by atoms with E-state index in [1.807, 2.05) is 46.0 Å². The normalized spacial score (nSPS) is 12.4. The molecule has 1 aromatic carbocycles. The highest BCUT2D eigenvalue weighted by molar-refractivity contribution is 7.89. The van der Waals surface area contributed by atoms with Crippen LogP contribution in [0.25, 0.3) is 0 Å². The molecule has 0 aromatic heterocycles. The van der Waals surface area contributed by atoms with E-state index in [-0.39, 0.29) is 0 Å². The van der Waals surface area contributed by atoms with Gasteiger partial charge in [0, 0.05) is 26.7 Å². The molecule has 0 aliphatic heterocycles. The van der Waals surface area contributed by atoms with Crippen LogP contribution in [0.3, 0.4) is 0 Å². The van der Waals surface area contributed by atoms with E-state index in [0.29, 0.717) is 24.5 Å². The fraction of sp³-hybridized carbons (Fsp3) is 0.600. The van der Waals surface area contributed by atoms with Crippen molar-refractivity contribution in [1.82, 2.24) is 14.5 Å². The smallest absolute Gasteiger partial charge is 0.243 e. The second-order valence-electron chi connectivity index (χ2n) is 5.70. The minimum Gasteiger partial charge on any atom is -0.316 e. The summed E-state index contributed by atoms with van der Waals surface area (Å²) in [6.45, 7) is 5.65. The van der Waals surface area contributed by atoms with Crippen molar-refractivity contribution in [2.24, 2.45) is 0 Å². The van der Waals surface area contributed by atoms with E-state index < -0.39 is 10.0 Å². The molecule has 0 bridgehead atoms. The molecule has 1 aromatic rings. The number of hydrogen-bond acceptors (Lipinski definition) is 4. The van der Waals surface area contributed by atoms with E-state index in [4.69, 9.17) is 0 Å². The minimum absolute atomic E-state index is 0.411. The van der Waals surface area contributed by atoms with Crippen LogP contribution in [0.2, 0.25) is 0 Å². The average molecular weight is 313 g/mol. The van der Waals surface area contributed by atoms with E-state index in [1.54, 1.807) is 13.1 Å². The number of rotatable bonds is 7. The summed E-state index contributed by atoms with van der Waals surface area (Å²) in [6, 6.07) is 3.81. The zero-order valence-electron chi connectivity index (χ0n) is 13.9. The highest BCUT2D eigenvalue weighted by Gasteiger charge is 2.24. The lowest BCUT2D eigenvalue weighted by Crippen LogP contribution is -2.34. The summed E-state index contributed by atoms with van der Waals surface area (Å²) in [5.74, 6) is 0. The number of benzene rings is 1. The van der Waals surface area contributed by atoms with Crippen LogP contribution < -0.4 is 5.32 Å². The molecule has 0 spiro atoms. The van der Waals surface area contributed by atoms with Crippen LogP contribution in [0, 0.1) is 13.8 Å². The summed E-state index contributed by atoms with van der Waals surface area (Å²) in [6.07, 6.45) is 0. The van der Waals surface area contributed by atoms with Crippen LogP contribution >= 0.6 is 0 Å². The Kier molecular flexibility index (Phi) is 6.34. The number of sulfonamides is 1. The molecular formula is C15H27N3O2S. The average Bonchev–Trinajstić information content (AvgIpc) is 2.39. The fourth-order valence-electron chi connectivity index (χ4n) is 2.10. The summed E-state index contributed by atoms with van der Waals surface area (Å²) >= 11 is 0. The van der Waals surface area contributed by atoms with Gasteiger partial charge in [0.1, 0.15) is 0 Å². The van der Waals surface area contributed by atoms with Crippen molar-refractivity contribution in [3.63, 3.8) is 0 Å². The lowest BCUT2D eigenvalue weighted by atomic mass is 10.1. The van der Waals surface area contributed by atoms with Gasteiger partial charge in [-0.15, -0.1) is 0 Å². The molecule has 6 heteroatoms. The van der Waals surface area contributed by atoms with Gasteiger partial charge in [0.25, 0.3) is 0 Å². The summed E-state index contributed by atoms with van der Waals surface area (Å²) in [5, 5.41) is 3.06. The molecule has 0 saturated carbocycles. The Morgan fingerprint density at radius 3 is 2.24 bits per heavy atom. The van der Waals surface area contributed by atoms with Gasteiger partial charge in [-0.3, -0.25) is 0 Å². The molecule has 0 unspecified atom stereocenters. The van der Waals surface area contributed by atoms with Crippen molar-refractivity contribution in [2.75, 3.05) is 41.3 Å². The monoisotopic (exact) mass is 313 g/mol. The second-order valence-corrected chi connectivity index (χ2v) is 7.71. The first-order valence-electron chi connectivity index (χ1n) is 7.06. The largest absolute Gasteiger partial charge is 0.316 e. The van der Waals surface area contributed by atoms with Crippen molar-refractivity contribution in [2.45, 2.75) is 25.3 Å². The van der Waals surface area contributed by atoms with E-state index in [1.165, 1.54) is 4.31 Å². The number of hydrogen-bond donors (Lipinski definition) is 1. The van der Waals surface area contributed by atoms with Crippen molar-refractivity contribution >= 4 is 10.0 Å². The molecule has 0 saturated heterocycles. The van der Waals surface area contributed by atoms with Gasteiger partial charge < -0.3 is 10.2 Å². The van der Waals surface area contributed by atoms with Crippen LogP contribution in [0.1, 0.15) is 16.7 Å². The first-order chi connectivity index (χ1) is 9.70. The van der Waals surface area contributed by atoms with E-state index >= 15 is 0 Å². The number of nitrogens with zero attached hydrogens (tertiary/aromatic N) is 2. The van der Waals surface area contributed by atoms with Gasteiger partial charge in [-0.05, 0) is 57.7 Å². The highest BCUT2D eigenvalue weighted by Crippen LogP contribution is 2.23. The lowest BCUT2D eigenvalue weighted by molar-refractivity contribution is 0.358. The summed E-state index contributed by atoms with van der Waals surface area (Å²) in [5.41, 5.74) is 2.81. The Hall–Kier alpha value is -0.950. The van der Waals surface area contributed by atoms with Crippen LogP contribution in [0.4, 0.5) is 0 Å². The molecule has 0 heterocycles. The first-order valence-corrected chi connectivity index (χ1v) is 8.50. The summed E-state index contributed by atoms with van der Waals surface area (Å²) in [4.78, 5) is 2.38. The van der Waals surface area contributed by atoms with Gasteiger partial charge in [0.2, 0.25) is 10.0 Å². The molecule has 0 radical (unpaired) electrons. The molecule has 0 fully saturated rings.